The third kappa shape index (κ3) is 17.2. The van der Waals surface area contributed by atoms with Gasteiger partial charge in [0, 0.05) is 119 Å². The van der Waals surface area contributed by atoms with Crippen LogP contribution in [0.5, 0.6) is 0 Å². The number of aromatic nitrogens is 9. The van der Waals surface area contributed by atoms with Gasteiger partial charge in [-0.15, -0.1) is 0 Å². The predicted molar refractivity (Wildman–Crippen MR) is 591 cm³/mol. The van der Waals surface area contributed by atoms with Crippen molar-refractivity contribution < 1.29 is 13.3 Å². The highest BCUT2D eigenvalue weighted by molar-refractivity contribution is 7.10. The molecule has 0 aliphatic heterocycles. The van der Waals surface area contributed by atoms with Gasteiger partial charge in [-0.2, -0.15) is 0 Å². The van der Waals surface area contributed by atoms with Crippen molar-refractivity contribution in [2.45, 2.75) is 41.2 Å². The summed E-state index contributed by atoms with van der Waals surface area (Å²) in [5, 5.41) is 17.1. The SMILES string of the molecule is C[Si](c1ccccc1)(c1ccccc1)c1ccccc1.Cc1ccc2c(c1)c1ccccc1n2-c1ccccc1.Cc1ccc2oc3cccnc3c2n1.Cc1cccc(-c2cccc(-n3c4ccccc4c4ccccc43)c2)c1.Cc1ccnc2c1oc1cccnc12.Cc1nccc2c1oc1ccccc12.Cn1c2ccccc2c2cc(-c3ccc4c(c3)c3ccccc3n4-c3ccccc3)ccc21. The number of pyridine rings is 5. The summed E-state index contributed by atoms with van der Waals surface area (Å²) in [5.41, 5.74) is 32.6. The first-order valence-electron chi connectivity index (χ1n) is 47.7. The van der Waals surface area contributed by atoms with Gasteiger partial charge in [-0.25, -0.2) is 4.98 Å². The van der Waals surface area contributed by atoms with Crippen molar-refractivity contribution in [3.05, 3.63) is 502 Å². The van der Waals surface area contributed by atoms with Crippen molar-refractivity contribution in [1.29, 1.82) is 0 Å². The van der Waals surface area contributed by atoms with Gasteiger partial charge < -0.3 is 31.5 Å². The molecule has 678 valence electrons. The minimum atomic E-state index is -1.88. The molecule has 12 heterocycles. The molecule has 12 nitrogen and oxygen atoms in total. The Bertz CT molecular complexity index is 9150. The van der Waals surface area contributed by atoms with Gasteiger partial charge >= 0.3 is 0 Å². The summed E-state index contributed by atoms with van der Waals surface area (Å²) in [6.45, 7) is 12.7. The van der Waals surface area contributed by atoms with E-state index in [1.165, 1.54) is 153 Å². The maximum absolute atomic E-state index is 5.72. The van der Waals surface area contributed by atoms with Crippen LogP contribution in [0.2, 0.25) is 6.55 Å². The molecule has 28 aromatic rings. The van der Waals surface area contributed by atoms with E-state index in [0.29, 0.717) is 0 Å². The first-order valence-corrected chi connectivity index (χ1v) is 50.2. The summed E-state index contributed by atoms with van der Waals surface area (Å²) >= 11 is 0. The zero-order valence-electron chi connectivity index (χ0n) is 79.3. The van der Waals surface area contributed by atoms with E-state index in [4.69, 9.17) is 13.3 Å². The lowest BCUT2D eigenvalue weighted by atomic mass is 10.0. The maximum Gasteiger partial charge on any atom is 0.158 e. The van der Waals surface area contributed by atoms with Crippen LogP contribution in [0.25, 0.3) is 193 Å². The number of benzene rings is 16. The summed E-state index contributed by atoms with van der Waals surface area (Å²) in [4.78, 5) is 21.4. The first-order chi connectivity index (χ1) is 69.3. The number of furan rings is 3. The molecule has 0 aliphatic carbocycles. The van der Waals surface area contributed by atoms with Crippen molar-refractivity contribution in [3.63, 3.8) is 0 Å². The third-order valence-electron chi connectivity index (χ3n) is 26.9. The number of aryl methyl sites for hydroxylation is 6. The van der Waals surface area contributed by atoms with Crippen molar-refractivity contribution in [2.24, 2.45) is 7.05 Å². The number of hydrogen-bond acceptors (Lipinski definition) is 8. The van der Waals surface area contributed by atoms with Crippen molar-refractivity contribution in [2.75, 3.05) is 0 Å². The lowest BCUT2D eigenvalue weighted by Crippen LogP contribution is -2.64. The highest BCUT2D eigenvalue weighted by atomic mass is 28.3. The van der Waals surface area contributed by atoms with Gasteiger partial charge in [0.25, 0.3) is 0 Å². The summed E-state index contributed by atoms with van der Waals surface area (Å²) in [6, 6.07) is 158. The molecule has 0 saturated heterocycles. The van der Waals surface area contributed by atoms with Crippen molar-refractivity contribution in [1.82, 2.24) is 43.2 Å². The van der Waals surface area contributed by atoms with E-state index < -0.39 is 8.07 Å². The second-order valence-corrected chi connectivity index (χ2v) is 39.8. The average molecular weight is 1840 g/mol. The molecule has 0 saturated carbocycles. The van der Waals surface area contributed by atoms with Gasteiger partial charge in [-0.05, 0) is 236 Å². The van der Waals surface area contributed by atoms with Crippen LogP contribution in [-0.2, 0) is 7.05 Å². The highest BCUT2D eigenvalue weighted by Crippen LogP contribution is 2.41. The Morgan fingerprint density at radius 1 is 0.227 bits per heavy atom. The average Bonchev–Trinajstić information content (AvgIpc) is 1.56. The Morgan fingerprint density at radius 2 is 0.603 bits per heavy atom. The zero-order valence-corrected chi connectivity index (χ0v) is 80.3. The Hall–Kier alpha value is -17.9. The molecule has 141 heavy (non-hydrogen) atoms. The lowest BCUT2D eigenvalue weighted by Gasteiger charge is -2.29. The van der Waals surface area contributed by atoms with E-state index in [1.807, 2.05) is 93.7 Å². The molecule has 0 aliphatic rings. The zero-order chi connectivity index (χ0) is 95.4. The Kier molecular flexibility index (Phi) is 24.3. The monoisotopic (exact) mass is 1840 g/mol. The summed E-state index contributed by atoms with van der Waals surface area (Å²) in [5.74, 6) is 0. The maximum atomic E-state index is 5.72. The van der Waals surface area contributed by atoms with Crippen LogP contribution in [0.3, 0.4) is 0 Å². The van der Waals surface area contributed by atoms with Crippen LogP contribution >= 0.6 is 0 Å². The van der Waals surface area contributed by atoms with Crippen LogP contribution in [-0.4, -0.2) is 51.3 Å². The Labute approximate surface area is 817 Å². The standard InChI is InChI=1S/C31H22N2.C25H19N.C19H15N.C19H18Si.C12H9NO.2C11H8N2O/c1-32-28-13-7-5-11-24(28)26-19-21(15-17-29(26)32)22-16-18-31-27(20-22)25-12-6-8-14-30(25)33(31)23-9-3-2-4-10-23;1-18-8-6-9-19(16-18)20-10-7-11-21(17-20)26-24-14-4-2-12-22(24)23-13-3-5-15-25(23)26;1-14-11-12-19-17(13-14)16-9-5-6-10-18(16)20(19)15-7-3-2-4-8-15;1-20(17-11-5-2-6-12-17,18-13-7-3-8-14-18)19-15-9-4-10-16-19;1-8-12-10(6-7-13-8)9-4-2-3-5-11(9)14-12;1-7-4-5-9-11(13-7)10-8(14-9)3-2-6-12-10;1-7-4-6-13-10-9-8(14-11(7)10)3-2-5-12-9/h2-20H,1H3;2-17H,1H3;2-13H,1H3;2-16H,1H3;2-7H,1H3;2*2-6H,1H3. The van der Waals surface area contributed by atoms with Gasteiger partial charge in [-0.3, -0.25) is 19.9 Å². The van der Waals surface area contributed by atoms with Gasteiger partial charge in [0.2, 0.25) is 0 Å². The van der Waals surface area contributed by atoms with Crippen LogP contribution in [0.15, 0.2) is 487 Å². The number of rotatable bonds is 8. The molecule has 0 spiro atoms. The molecule has 12 aromatic heterocycles. The Morgan fingerprint density at radius 3 is 1.16 bits per heavy atom. The van der Waals surface area contributed by atoms with Gasteiger partial charge in [0.15, 0.2) is 27.9 Å². The summed E-state index contributed by atoms with van der Waals surface area (Å²) < 4.78 is 26.3. The number of fused-ring (bicyclic) bond motifs is 21. The molecular weight excluding hydrogens is 1740 g/mol. The van der Waals surface area contributed by atoms with Crippen molar-refractivity contribution >= 4 is 177 Å². The highest BCUT2D eigenvalue weighted by Gasteiger charge is 2.34. The fourth-order valence-corrected chi connectivity index (χ4v) is 23.5. The van der Waals surface area contributed by atoms with Gasteiger partial charge in [0.05, 0.1) is 38.8 Å². The number of nitrogens with zero attached hydrogens (tertiary/aromatic N) is 9. The summed E-state index contributed by atoms with van der Waals surface area (Å²) in [6.07, 6.45) is 7.10. The van der Waals surface area contributed by atoms with Crippen LogP contribution in [0.1, 0.15) is 28.1 Å². The largest absolute Gasteiger partial charge is 0.454 e. The predicted octanol–water partition coefficient (Wildman–Crippen LogP) is 31.4. The first kappa shape index (κ1) is 88.4. The smallest absolute Gasteiger partial charge is 0.158 e. The third-order valence-corrected chi connectivity index (χ3v) is 31.3. The van der Waals surface area contributed by atoms with Crippen LogP contribution in [0.4, 0.5) is 0 Å². The minimum absolute atomic E-state index is 0.792. The second-order valence-electron chi connectivity index (χ2n) is 35.8. The van der Waals surface area contributed by atoms with Gasteiger partial charge in [0.1, 0.15) is 35.7 Å². The fourth-order valence-electron chi connectivity index (χ4n) is 19.9. The van der Waals surface area contributed by atoms with Gasteiger partial charge in [-0.1, -0.05) is 309 Å². The molecule has 0 amide bonds. The minimum Gasteiger partial charge on any atom is -0.454 e. The molecule has 16 aromatic carbocycles. The lowest BCUT2D eigenvalue weighted by molar-refractivity contribution is 0.662. The molecular formula is C128H99N9O3Si. The Balaban J connectivity index is 0.0000000966. The molecule has 13 heteroatoms. The van der Waals surface area contributed by atoms with E-state index >= 15 is 0 Å². The van der Waals surface area contributed by atoms with E-state index in [1.54, 1.807) is 18.6 Å². The fraction of sp³-hybridized carbons (Fsp3) is 0.0547. The quantitative estimate of drug-likeness (QED) is 0.109. The number of hydrogen-bond donors (Lipinski definition) is 0. The van der Waals surface area contributed by atoms with E-state index in [-0.39, 0.29) is 0 Å². The van der Waals surface area contributed by atoms with E-state index in [9.17, 15) is 0 Å². The molecule has 0 N–H and O–H groups in total. The molecule has 0 atom stereocenters. The molecule has 0 bridgehead atoms. The van der Waals surface area contributed by atoms with Crippen LogP contribution in [0, 0.1) is 34.6 Å². The molecule has 0 unspecified atom stereocenters. The normalized spacial score (nSPS) is 11.4. The molecule has 0 radical (unpaired) electrons. The van der Waals surface area contributed by atoms with Crippen LogP contribution < -0.4 is 15.6 Å². The molecule has 0 fully saturated rings. The van der Waals surface area contributed by atoms with Crippen molar-refractivity contribution in [3.8, 4) is 39.3 Å². The topological polar surface area (TPSA) is 124 Å². The van der Waals surface area contributed by atoms with E-state index in [0.717, 1.165) is 83.3 Å². The second kappa shape index (κ2) is 38.7. The van der Waals surface area contributed by atoms with E-state index in [2.05, 4.69) is 453 Å². The molecule has 28 rings (SSSR count). The number of para-hydroxylation sites is 8. The summed E-state index contributed by atoms with van der Waals surface area (Å²) in [7, 11) is 0.270.